The van der Waals surface area contributed by atoms with Gasteiger partial charge in [-0.3, -0.25) is 0 Å². The SMILES string of the molecule is O=CCn1cnc(C(F)(F)F)n1. The van der Waals surface area contributed by atoms with Gasteiger partial charge in [0.25, 0.3) is 5.82 Å². The van der Waals surface area contributed by atoms with Crippen LogP contribution in [0.25, 0.3) is 0 Å². The number of aromatic nitrogens is 3. The third-order valence-electron chi connectivity index (χ3n) is 1.05. The second kappa shape index (κ2) is 2.92. The summed E-state index contributed by atoms with van der Waals surface area (Å²) in [6.07, 6.45) is -3.25. The molecule has 0 aromatic carbocycles. The molecule has 0 saturated carbocycles. The van der Waals surface area contributed by atoms with Gasteiger partial charge in [-0.25, -0.2) is 9.67 Å². The second-order valence-corrected chi connectivity index (χ2v) is 1.95. The summed E-state index contributed by atoms with van der Waals surface area (Å²) in [5, 5.41) is 3.02. The summed E-state index contributed by atoms with van der Waals surface area (Å²) in [6.45, 7) is -0.219. The molecule has 0 fully saturated rings. The molecule has 0 aliphatic heterocycles. The van der Waals surface area contributed by atoms with Crippen molar-refractivity contribution in [3.63, 3.8) is 0 Å². The van der Waals surface area contributed by atoms with Gasteiger partial charge < -0.3 is 4.79 Å². The molecular formula is C5H4F3N3O. The summed E-state index contributed by atoms with van der Waals surface area (Å²) in [5.74, 6) is -1.23. The van der Waals surface area contributed by atoms with Crippen LogP contribution in [0.1, 0.15) is 5.82 Å². The quantitative estimate of drug-likeness (QED) is 0.621. The molecule has 1 aromatic heterocycles. The van der Waals surface area contributed by atoms with Crippen molar-refractivity contribution in [3.05, 3.63) is 12.2 Å². The van der Waals surface area contributed by atoms with E-state index in [1.807, 2.05) is 0 Å². The standard InChI is InChI=1S/C5H4F3N3O/c6-5(7,8)4-9-3-11(10-4)1-2-12/h2-3H,1H2. The molecule has 4 nitrogen and oxygen atoms in total. The van der Waals surface area contributed by atoms with Crippen LogP contribution in [0.2, 0.25) is 0 Å². The van der Waals surface area contributed by atoms with Crippen molar-refractivity contribution in [2.45, 2.75) is 12.7 Å². The monoisotopic (exact) mass is 179 g/mol. The first kappa shape index (κ1) is 8.69. The number of rotatable bonds is 2. The second-order valence-electron chi connectivity index (χ2n) is 1.95. The van der Waals surface area contributed by atoms with E-state index >= 15 is 0 Å². The van der Waals surface area contributed by atoms with Crippen LogP contribution in [-0.4, -0.2) is 21.1 Å². The van der Waals surface area contributed by atoms with Crippen LogP contribution in [0.5, 0.6) is 0 Å². The van der Waals surface area contributed by atoms with Gasteiger partial charge in [0.1, 0.15) is 12.6 Å². The number of carbonyl (C=O) groups excluding carboxylic acids is 1. The number of alkyl halides is 3. The number of aldehydes is 1. The lowest BCUT2D eigenvalue weighted by Gasteiger charge is -1.97. The molecule has 0 saturated heterocycles. The van der Waals surface area contributed by atoms with Crippen LogP contribution in [0.3, 0.4) is 0 Å². The van der Waals surface area contributed by atoms with Gasteiger partial charge in [-0.15, -0.1) is 5.10 Å². The lowest BCUT2D eigenvalue weighted by atomic mass is 10.6. The van der Waals surface area contributed by atoms with E-state index in [1.165, 1.54) is 0 Å². The first-order chi connectivity index (χ1) is 5.54. The molecule has 0 N–H and O–H groups in total. The summed E-state index contributed by atoms with van der Waals surface area (Å²) in [7, 11) is 0. The number of nitrogens with zero attached hydrogens (tertiary/aromatic N) is 3. The molecule has 0 bridgehead atoms. The average Bonchev–Trinajstić information content (AvgIpc) is 2.35. The van der Waals surface area contributed by atoms with Crippen molar-refractivity contribution in [1.82, 2.24) is 14.8 Å². The van der Waals surface area contributed by atoms with E-state index < -0.39 is 12.0 Å². The molecule has 7 heteroatoms. The Balaban J connectivity index is 2.84. The van der Waals surface area contributed by atoms with Crippen LogP contribution < -0.4 is 0 Å². The Bertz CT molecular complexity index is 280. The number of halogens is 3. The summed E-state index contributed by atoms with van der Waals surface area (Å²) >= 11 is 0. The van der Waals surface area contributed by atoms with E-state index in [1.54, 1.807) is 0 Å². The topological polar surface area (TPSA) is 47.8 Å². The van der Waals surface area contributed by atoms with E-state index in [2.05, 4.69) is 10.1 Å². The van der Waals surface area contributed by atoms with Crippen LogP contribution in [0, 0.1) is 0 Å². The molecule has 0 radical (unpaired) electrons. The van der Waals surface area contributed by atoms with Gasteiger partial charge in [0, 0.05) is 0 Å². The molecule has 66 valence electrons. The predicted molar refractivity (Wildman–Crippen MR) is 31.1 cm³/mol. The summed E-state index contributed by atoms with van der Waals surface area (Å²) in [4.78, 5) is 12.8. The Hall–Kier alpha value is -1.40. The molecule has 1 aromatic rings. The Morgan fingerprint density at radius 2 is 2.25 bits per heavy atom. The molecule has 0 spiro atoms. The van der Waals surface area contributed by atoms with Gasteiger partial charge in [-0.1, -0.05) is 0 Å². The van der Waals surface area contributed by atoms with Crippen molar-refractivity contribution < 1.29 is 18.0 Å². The van der Waals surface area contributed by atoms with Gasteiger partial charge in [0.2, 0.25) is 0 Å². The van der Waals surface area contributed by atoms with Crippen LogP contribution in [0.4, 0.5) is 13.2 Å². The highest BCUT2D eigenvalue weighted by atomic mass is 19.4. The van der Waals surface area contributed by atoms with E-state index in [4.69, 9.17) is 0 Å². The van der Waals surface area contributed by atoms with Gasteiger partial charge in [-0.2, -0.15) is 13.2 Å². The zero-order valence-corrected chi connectivity index (χ0v) is 5.75. The maximum Gasteiger partial charge on any atom is 0.453 e. The number of hydrogen-bond donors (Lipinski definition) is 0. The molecular weight excluding hydrogens is 175 g/mol. The largest absolute Gasteiger partial charge is 0.453 e. The van der Waals surface area contributed by atoms with E-state index in [0.29, 0.717) is 6.29 Å². The van der Waals surface area contributed by atoms with Crippen LogP contribution in [0.15, 0.2) is 6.33 Å². The van der Waals surface area contributed by atoms with Crippen molar-refractivity contribution in [2.24, 2.45) is 0 Å². The zero-order valence-electron chi connectivity index (χ0n) is 5.75. The third kappa shape index (κ3) is 1.80. The van der Waals surface area contributed by atoms with Crippen LogP contribution >= 0.6 is 0 Å². The fraction of sp³-hybridized carbons (Fsp3) is 0.400. The van der Waals surface area contributed by atoms with E-state index in [0.717, 1.165) is 11.0 Å². The molecule has 0 amide bonds. The van der Waals surface area contributed by atoms with Gasteiger partial charge >= 0.3 is 6.18 Å². The van der Waals surface area contributed by atoms with E-state index in [-0.39, 0.29) is 6.54 Å². The highest BCUT2D eigenvalue weighted by Gasteiger charge is 2.35. The highest BCUT2D eigenvalue weighted by molar-refractivity contribution is 5.48. The normalized spacial score (nSPS) is 11.6. The van der Waals surface area contributed by atoms with Gasteiger partial charge in [0.15, 0.2) is 0 Å². The Morgan fingerprint density at radius 1 is 1.58 bits per heavy atom. The molecule has 0 aliphatic rings. The van der Waals surface area contributed by atoms with Crippen molar-refractivity contribution in [2.75, 3.05) is 0 Å². The molecule has 12 heavy (non-hydrogen) atoms. The minimum atomic E-state index is -4.55. The van der Waals surface area contributed by atoms with Crippen LogP contribution in [-0.2, 0) is 17.5 Å². The Kier molecular flexibility index (Phi) is 2.11. The third-order valence-corrected chi connectivity index (χ3v) is 1.05. The van der Waals surface area contributed by atoms with Crippen molar-refractivity contribution in [1.29, 1.82) is 0 Å². The van der Waals surface area contributed by atoms with Crippen molar-refractivity contribution >= 4 is 6.29 Å². The van der Waals surface area contributed by atoms with Crippen molar-refractivity contribution in [3.8, 4) is 0 Å². The average molecular weight is 179 g/mol. The zero-order chi connectivity index (χ0) is 9.19. The Labute approximate surface area is 65.0 Å². The van der Waals surface area contributed by atoms with Gasteiger partial charge in [-0.05, 0) is 0 Å². The lowest BCUT2D eigenvalue weighted by molar-refractivity contribution is -0.145. The highest BCUT2D eigenvalue weighted by Crippen LogP contribution is 2.25. The first-order valence-corrected chi connectivity index (χ1v) is 2.94. The molecule has 1 heterocycles. The Morgan fingerprint density at radius 3 is 2.67 bits per heavy atom. The van der Waals surface area contributed by atoms with Gasteiger partial charge in [0.05, 0.1) is 6.54 Å². The molecule has 0 aliphatic carbocycles. The maximum absolute atomic E-state index is 11.8. The summed E-state index contributed by atoms with van der Waals surface area (Å²) in [6, 6.07) is 0. The number of carbonyl (C=O) groups is 1. The fourth-order valence-corrected chi connectivity index (χ4v) is 0.589. The van der Waals surface area contributed by atoms with E-state index in [9.17, 15) is 18.0 Å². The lowest BCUT2D eigenvalue weighted by Crippen LogP contribution is -2.09. The number of hydrogen-bond acceptors (Lipinski definition) is 3. The molecule has 0 unspecified atom stereocenters. The molecule has 1 rings (SSSR count). The predicted octanol–water partition coefficient (Wildman–Crippen LogP) is 0.496. The fourth-order valence-electron chi connectivity index (χ4n) is 0.589. The summed E-state index contributed by atoms with van der Waals surface area (Å²) < 4.78 is 36.3. The minimum absolute atomic E-state index is 0.219. The summed E-state index contributed by atoms with van der Waals surface area (Å²) in [5.41, 5.74) is 0. The first-order valence-electron chi connectivity index (χ1n) is 2.94. The minimum Gasteiger partial charge on any atom is -0.301 e. The molecule has 0 atom stereocenters. The maximum atomic E-state index is 11.8. The smallest absolute Gasteiger partial charge is 0.301 e.